The molecule has 2 heterocycles. The van der Waals surface area contributed by atoms with Crippen molar-refractivity contribution < 1.29 is 9.15 Å². The maximum absolute atomic E-state index is 6.38. The van der Waals surface area contributed by atoms with Crippen LogP contribution >= 0.6 is 0 Å². The first-order chi connectivity index (χ1) is 8.38. The van der Waals surface area contributed by atoms with Gasteiger partial charge in [-0.1, -0.05) is 25.7 Å². The lowest BCUT2D eigenvalue weighted by atomic mass is 9.92. The summed E-state index contributed by atoms with van der Waals surface area (Å²) < 4.78 is 11.9. The van der Waals surface area contributed by atoms with E-state index in [1.54, 1.807) is 6.26 Å². The van der Waals surface area contributed by atoms with Crippen LogP contribution in [-0.4, -0.2) is 18.7 Å². The molecule has 1 aliphatic carbocycles. The van der Waals surface area contributed by atoms with Crippen LogP contribution in [0.15, 0.2) is 22.8 Å². The van der Waals surface area contributed by atoms with Crippen LogP contribution in [0.1, 0.15) is 50.4 Å². The van der Waals surface area contributed by atoms with Gasteiger partial charge >= 0.3 is 0 Å². The summed E-state index contributed by atoms with van der Waals surface area (Å²) in [6.07, 6.45) is 9.52. The Bertz CT molecular complexity index is 339. The lowest BCUT2D eigenvalue weighted by Crippen LogP contribution is -2.50. The molecule has 1 saturated heterocycles. The average Bonchev–Trinajstić information content (AvgIpc) is 2.80. The molecule has 0 amide bonds. The van der Waals surface area contributed by atoms with Crippen LogP contribution in [-0.2, 0) is 4.74 Å². The molecule has 1 saturated carbocycles. The monoisotopic (exact) mass is 235 g/mol. The third-order valence-electron chi connectivity index (χ3n) is 4.04. The van der Waals surface area contributed by atoms with Crippen LogP contribution in [0.4, 0.5) is 0 Å². The van der Waals surface area contributed by atoms with E-state index in [1.807, 2.05) is 12.1 Å². The van der Waals surface area contributed by atoms with Gasteiger partial charge in [0.2, 0.25) is 0 Å². The van der Waals surface area contributed by atoms with Crippen molar-refractivity contribution in [2.24, 2.45) is 0 Å². The third kappa shape index (κ3) is 2.40. The van der Waals surface area contributed by atoms with E-state index in [2.05, 4.69) is 5.32 Å². The summed E-state index contributed by atoms with van der Waals surface area (Å²) in [6.45, 7) is 1.87. The highest BCUT2D eigenvalue weighted by molar-refractivity contribution is 5.05. The predicted molar refractivity (Wildman–Crippen MR) is 65.8 cm³/mol. The van der Waals surface area contributed by atoms with Crippen molar-refractivity contribution in [3.63, 3.8) is 0 Å². The van der Waals surface area contributed by atoms with Gasteiger partial charge in [0.15, 0.2) is 0 Å². The molecule has 0 aromatic carbocycles. The van der Waals surface area contributed by atoms with Crippen LogP contribution in [0, 0.1) is 0 Å². The number of hydrogen-bond donors (Lipinski definition) is 1. The summed E-state index contributed by atoms with van der Waals surface area (Å²) in [6, 6.07) is 3.95. The summed E-state index contributed by atoms with van der Waals surface area (Å²) in [4.78, 5) is 0. The summed E-state index contributed by atoms with van der Waals surface area (Å²) in [5.74, 6) is 0.959. The van der Waals surface area contributed by atoms with Crippen LogP contribution in [0.2, 0.25) is 0 Å². The van der Waals surface area contributed by atoms with Gasteiger partial charge in [-0.25, -0.2) is 0 Å². The molecule has 3 rings (SSSR count). The quantitative estimate of drug-likeness (QED) is 0.812. The Balaban J connectivity index is 1.73. The molecular formula is C14H21NO2. The Kier molecular flexibility index (Phi) is 3.21. The molecule has 94 valence electrons. The van der Waals surface area contributed by atoms with E-state index in [-0.39, 0.29) is 11.7 Å². The van der Waals surface area contributed by atoms with E-state index in [1.165, 1.54) is 38.5 Å². The molecule has 1 aliphatic heterocycles. The fraction of sp³-hybridized carbons (Fsp3) is 0.714. The number of ether oxygens (including phenoxy) is 1. The zero-order valence-electron chi connectivity index (χ0n) is 10.3. The Morgan fingerprint density at radius 3 is 2.71 bits per heavy atom. The molecule has 3 heteroatoms. The fourth-order valence-electron chi connectivity index (χ4n) is 3.12. The number of furan rings is 1. The molecule has 1 N–H and O–H groups in total. The number of nitrogens with one attached hydrogen (secondary N) is 1. The highest BCUT2D eigenvalue weighted by atomic mass is 16.5. The molecule has 1 unspecified atom stereocenters. The first-order valence-corrected chi connectivity index (χ1v) is 6.80. The first kappa shape index (κ1) is 11.3. The minimum absolute atomic E-state index is 0.0617. The predicted octanol–water partition coefficient (Wildman–Crippen LogP) is 3.03. The summed E-state index contributed by atoms with van der Waals surface area (Å²) in [7, 11) is 0. The van der Waals surface area contributed by atoms with Crippen molar-refractivity contribution in [1.29, 1.82) is 0 Å². The van der Waals surface area contributed by atoms with E-state index >= 15 is 0 Å². The van der Waals surface area contributed by atoms with E-state index in [4.69, 9.17) is 9.15 Å². The summed E-state index contributed by atoms with van der Waals surface area (Å²) in [5, 5.41) is 3.53. The second kappa shape index (κ2) is 4.83. The molecule has 1 aromatic heterocycles. The van der Waals surface area contributed by atoms with E-state index in [0.29, 0.717) is 0 Å². The smallest absolute Gasteiger partial charge is 0.133 e. The highest BCUT2D eigenvalue weighted by Gasteiger charge is 2.38. The number of rotatable bonds is 1. The Labute approximate surface area is 103 Å². The average molecular weight is 235 g/mol. The van der Waals surface area contributed by atoms with Gasteiger partial charge in [0.1, 0.15) is 11.9 Å². The summed E-state index contributed by atoms with van der Waals surface area (Å²) in [5.41, 5.74) is 0.0617. The lowest BCUT2D eigenvalue weighted by molar-refractivity contribution is -0.132. The molecular weight excluding hydrogens is 214 g/mol. The number of morpholine rings is 1. The van der Waals surface area contributed by atoms with Crippen molar-refractivity contribution in [3.05, 3.63) is 24.2 Å². The summed E-state index contributed by atoms with van der Waals surface area (Å²) >= 11 is 0. The minimum atomic E-state index is 0.0617. The van der Waals surface area contributed by atoms with Gasteiger partial charge in [-0.2, -0.15) is 0 Å². The first-order valence-electron chi connectivity index (χ1n) is 6.80. The zero-order chi connectivity index (χ0) is 11.6. The van der Waals surface area contributed by atoms with Crippen molar-refractivity contribution in [3.8, 4) is 0 Å². The Morgan fingerprint density at radius 1 is 1.18 bits per heavy atom. The van der Waals surface area contributed by atoms with Gasteiger partial charge in [0.05, 0.1) is 11.9 Å². The molecule has 17 heavy (non-hydrogen) atoms. The zero-order valence-corrected chi connectivity index (χ0v) is 10.3. The molecule has 1 spiro atoms. The maximum atomic E-state index is 6.38. The second-order valence-corrected chi connectivity index (χ2v) is 5.35. The van der Waals surface area contributed by atoms with Crippen LogP contribution in [0.25, 0.3) is 0 Å². The molecule has 0 radical (unpaired) electrons. The van der Waals surface area contributed by atoms with E-state index in [0.717, 1.165) is 18.8 Å². The molecule has 2 fully saturated rings. The van der Waals surface area contributed by atoms with Crippen molar-refractivity contribution >= 4 is 0 Å². The minimum Gasteiger partial charge on any atom is -0.467 e. The van der Waals surface area contributed by atoms with Gasteiger partial charge in [-0.3, -0.25) is 0 Å². The molecule has 3 nitrogen and oxygen atoms in total. The highest BCUT2D eigenvalue weighted by Crippen LogP contribution is 2.36. The third-order valence-corrected chi connectivity index (χ3v) is 4.04. The maximum Gasteiger partial charge on any atom is 0.133 e. The topological polar surface area (TPSA) is 34.4 Å². The van der Waals surface area contributed by atoms with Crippen LogP contribution < -0.4 is 5.32 Å². The molecule has 1 aromatic rings. The van der Waals surface area contributed by atoms with Crippen molar-refractivity contribution in [2.75, 3.05) is 13.1 Å². The van der Waals surface area contributed by atoms with Gasteiger partial charge in [-0.15, -0.1) is 0 Å². The van der Waals surface area contributed by atoms with Crippen LogP contribution in [0.5, 0.6) is 0 Å². The van der Waals surface area contributed by atoms with Gasteiger partial charge < -0.3 is 14.5 Å². The largest absolute Gasteiger partial charge is 0.467 e. The standard InChI is InChI=1S/C14H21NO2/c1-2-4-8-14(7-3-1)11-15-10-13(17-14)12-6-5-9-16-12/h5-6,9,13,15H,1-4,7-8,10-11H2. The van der Waals surface area contributed by atoms with Gasteiger partial charge in [-0.05, 0) is 25.0 Å². The Morgan fingerprint density at radius 2 is 2.00 bits per heavy atom. The van der Waals surface area contributed by atoms with Gasteiger partial charge in [0, 0.05) is 13.1 Å². The Hall–Kier alpha value is -0.800. The molecule has 2 aliphatic rings. The van der Waals surface area contributed by atoms with Crippen molar-refractivity contribution in [1.82, 2.24) is 5.32 Å². The molecule has 0 bridgehead atoms. The van der Waals surface area contributed by atoms with Gasteiger partial charge in [0.25, 0.3) is 0 Å². The fourth-order valence-corrected chi connectivity index (χ4v) is 3.12. The number of hydrogen-bond acceptors (Lipinski definition) is 3. The molecule has 1 atom stereocenters. The van der Waals surface area contributed by atoms with E-state index < -0.39 is 0 Å². The normalized spacial score (nSPS) is 29.1. The second-order valence-electron chi connectivity index (χ2n) is 5.35. The van der Waals surface area contributed by atoms with E-state index in [9.17, 15) is 0 Å². The SMILES string of the molecule is c1coc(C2CNCC3(CCCCCC3)O2)c1. The van der Waals surface area contributed by atoms with Crippen molar-refractivity contribution in [2.45, 2.75) is 50.2 Å². The van der Waals surface area contributed by atoms with Crippen LogP contribution in [0.3, 0.4) is 0 Å². The lowest BCUT2D eigenvalue weighted by Gasteiger charge is -2.41.